The molecule has 0 aliphatic rings. The Labute approximate surface area is 121 Å². The van der Waals surface area contributed by atoms with Crippen LogP contribution in [0.5, 0.6) is 17.2 Å². The third-order valence-electron chi connectivity index (χ3n) is 3.07. The predicted molar refractivity (Wildman–Crippen MR) is 75.9 cm³/mol. The highest BCUT2D eigenvalue weighted by Crippen LogP contribution is 2.43. The second-order valence-electron chi connectivity index (χ2n) is 4.26. The monoisotopic (exact) mass is 295 g/mol. The molecule has 2 N–H and O–H groups in total. The van der Waals surface area contributed by atoms with Crippen molar-refractivity contribution in [3.8, 4) is 28.4 Å². The number of benzene rings is 2. The van der Waals surface area contributed by atoms with Gasteiger partial charge in [0.25, 0.3) is 0 Å². The largest absolute Gasteiger partial charge is 0.496 e. The number of nitrogen functional groups attached to an aromatic ring is 1. The molecule has 2 aromatic carbocycles. The quantitative estimate of drug-likeness (QED) is 0.880. The van der Waals surface area contributed by atoms with Gasteiger partial charge in [0, 0.05) is 23.8 Å². The Morgan fingerprint density at radius 2 is 1.38 bits per heavy atom. The van der Waals surface area contributed by atoms with Crippen molar-refractivity contribution in [3.05, 3.63) is 35.9 Å². The van der Waals surface area contributed by atoms with E-state index in [0.717, 1.165) is 12.1 Å². The molecule has 0 radical (unpaired) electrons. The lowest BCUT2D eigenvalue weighted by molar-refractivity contribution is 0.377. The lowest BCUT2D eigenvalue weighted by Crippen LogP contribution is -1.99. The summed E-state index contributed by atoms with van der Waals surface area (Å²) in [5.41, 5.74) is 5.38. The highest BCUT2D eigenvalue weighted by atomic mass is 19.1. The zero-order valence-corrected chi connectivity index (χ0v) is 11.9. The summed E-state index contributed by atoms with van der Waals surface area (Å²) >= 11 is 0. The van der Waals surface area contributed by atoms with Crippen LogP contribution in [0.1, 0.15) is 0 Å². The molecule has 4 nitrogen and oxygen atoms in total. The zero-order chi connectivity index (χ0) is 15.6. The van der Waals surface area contributed by atoms with E-state index in [1.54, 1.807) is 12.1 Å². The Kier molecular flexibility index (Phi) is 4.16. The van der Waals surface area contributed by atoms with Crippen LogP contribution in [0.25, 0.3) is 11.1 Å². The standard InChI is InChI=1S/C15H15F2NO3/c1-19-8-4-13(20-2)15(14(5-8)21-3)9-6-11(17)12(18)7-10(9)16/h4-7H,18H2,1-3H3. The molecule has 0 saturated heterocycles. The minimum absolute atomic E-state index is 0.00180. The van der Waals surface area contributed by atoms with E-state index in [-0.39, 0.29) is 16.8 Å². The lowest BCUT2D eigenvalue weighted by Gasteiger charge is -2.16. The fraction of sp³-hybridized carbons (Fsp3) is 0.200. The predicted octanol–water partition coefficient (Wildman–Crippen LogP) is 3.24. The van der Waals surface area contributed by atoms with E-state index in [0.29, 0.717) is 17.2 Å². The average molecular weight is 295 g/mol. The molecule has 0 aromatic heterocycles. The van der Waals surface area contributed by atoms with E-state index in [4.69, 9.17) is 19.9 Å². The Morgan fingerprint density at radius 3 is 1.86 bits per heavy atom. The van der Waals surface area contributed by atoms with Crippen molar-refractivity contribution >= 4 is 5.69 Å². The molecular formula is C15H15F2NO3. The van der Waals surface area contributed by atoms with Crippen molar-refractivity contribution in [1.29, 1.82) is 0 Å². The summed E-state index contributed by atoms with van der Waals surface area (Å²) in [4.78, 5) is 0. The molecule has 0 atom stereocenters. The van der Waals surface area contributed by atoms with Gasteiger partial charge in [-0.2, -0.15) is 0 Å². The SMILES string of the molecule is COc1cc(OC)c(-c2cc(F)c(N)cc2F)c(OC)c1. The zero-order valence-electron chi connectivity index (χ0n) is 11.9. The first-order valence-corrected chi connectivity index (χ1v) is 6.06. The average Bonchev–Trinajstić information content (AvgIpc) is 2.49. The number of methoxy groups -OCH3 is 3. The van der Waals surface area contributed by atoms with Crippen LogP contribution < -0.4 is 19.9 Å². The van der Waals surface area contributed by atoms with Gasteiger partial charge in [0.15, 0.2) is 0 Å². The van der Waals surface area contributed by atoms with Gasteiger partial charge in [-0.3, -0.25) is 0 Å². The maximum Gasteiger partial charge on any atom is 0.146 e. The number of ether oxygens (including phenoxy) is 3. The van der Waals surface area contributed by atoms with Gasteiger partial charge in [0.2, 0.25) is 0 Å². The van der Waals surface area contributed by atoms with Crippen molar-refractivity contribution in [2.45, 2.75) is 0 Å². The maximum atomic E-state index is 14.1. The minimum atomic E-state index is -0.716. The normalized spacial score (nSPS) is 10.3. The molecule has 2 rings (SSSR count). The second-order valence-corrected chi connectivity index (χ2v) is 4.26. The van der Waals surface area contributed by atoms with Crippen LogP contribution >= 0.6 is 0 Å². The smallest absolute Gasteiger partial charge is 0.146 e. The summed E-state index contributed by atoms with van der Waals surface area (Å²) in [5.74, 6) is -0.311. The molecule has 0 saturated carbocycles. The van der Waals surface area contributed by atoms with Gasteiger partial charge < -0.3 is 19.9 Å². The first kappa shape index (κ1) is 14.9. The molecule has 0 fully saturated rings. The molecule has 112 valence electrons. The first-order valence-electron chi connectivity index (χ1n) is 6.06. The second kappa shape index (κ2) is 5.87. The van der Waals surface area contributed by atoms with Crippen molar-refractivity contribution < 1.29 is 23.0 Å². The molecule has 6 heteroatoms. The highest BCUT2D eigenvalue weighted by molar-refractivity contribution is 5.79. The first-order chi connectivity index (χ1) is 10.0. The third kappa shape index (κ3) is 2.69. The molecule has 0 spiro atoms. The highest BCUT2D eigenvalue weighted by Gasteiger charge is 2.20. The van der Waals surface area contributed by atoms with E-state index in [1.807, 2.05) is 0 Å². The molecule has 0 amide bonds. The lowest BCUT2D eigenvalue weighted by atomic mass is 10.0. The number of anilines is 1. The van der Waals surface area contributed by atoms with E-state index in [2.05, 4.69) is 0 Å². The van der Waals surface area contributed by atoms with Crippen LogP contribution in [-0.2, 0) is 0 Å². The number of halogens is 2. The van der Waals surface area contributed by atoms with Crippen molar-refractivity contribution in [2.24, 2.45) is 0 Å². The minimum Gasteiger partial charge on any atom is -0.496 e. The van der Waals surface area contributed by atoms with Gasteiger partial charge in [0.05, 0.1) is 32.6 Å². The van der Waals surface area contributed by atoms with Crippen LogP contribution in [0.15, 0.2) is 24.3 Å². The van der Waals surface area contributed by atoms with Gasteiger partial charge in [-0.05, 0) is 6.07 Å². The van der Waals surface area contributed by atoms with Gasteiger partial charge in [0.1, 0.15) is 28.9 Å². The topological polar surface area (TPSA) is 53.7 Å². The molecule has 0 heterocycles. The van der Waals surface area contributed by atoms with E-state index >= 15 is 0 Å². The van der Waals surface area contributed by atoms with Crippen LogP contribution in [0, 0.1) is 11.6 Å². The Balaban J connectivity index is 2.76. The Hall–Kier alpha value is -2.50. The molecule has 0 bridgehead atoms. The van der Waals surface area contributed by atoms with E-state index in [9.17, 15) is 8.78 Å². The molecule has 0 aliphatic carbocycles. The molecule has 2 aromatic rings. The molecule has 0 aliphatic heterocycles. The van der Waals surface area contributed by atoms with Crippen LogP contribution in [0.3, 0.4) is 0 Å². The molecule has 21 heavy (non-hydrogen) atoms. The van der Waals surface area contributed by atoms with Crippen LogP contribution in [0.4, 0.5) is 14.5 Å². The van der Waals surface area contributed by atoms with Gasteiger partial charge in [-0.15, -0.1) is 0 Å². The van der Waals surface area contributed by atoms with Crippen LogP contribution in [-0.4, -0.2) is 21.3 Å². The molecule has 0 unspecified atom stereocenters. The summed E-state index contributed by atoms with van der Waals surface area (Å²) < 4.78 is 43.4. The summed E-state index contributed by atoms with van der Waals surface area (Å²) in [6, 6.07) is 5.06. The van der Waals surface area contributed by atoms with Crippen molar-refractivity contribution in [2.75, 3.05) is 27.1 Å². The maximum absolute atomic E-state index is 14.1. The number of rotatable bonds is 4. The van der Waals surface area contributed by atoms with E-state index < -0.39 is 11.6 Å². The fourth-order valence-electron chi connectivity index (χ4n) is 2.02. The van der Waals surface area contributed by atoms with Crippen LogP contribution in [0.2, 0.25) is 0 Å². The summed E-state index contributed by atoms with van der Waals surface area (Å²) in [7, 11) is 4.32. The Bertz CT molecular complexity index is 649. The van der Waals surface area contributed by atoms with E-state index in [1.165, 1.54) is 21.3 Å². The third-order valence-corrected chi connectivity index (χ3v) is 3.07. The number of hydrogen-bond acceptors (Lipinski definition) is 4. The number of hydrogen-bond donors (Lipinski definition) is 1. The summed E-state index contributed by atoms with van der Waals surface area (Å²) in [6.07, 6.45) is 0. The summed E-state index contributed by atoms with van der Waals surface area (Å²) in [6.45, 7) is 0. The van der Waals surface area contributed by atoms with Crippen molar-refractivity contribution in [3.63, 3.8) is 0 Å². The fourth-order valence-corrected chi connectivity index (χ4v) is 2.02. The summed E-state index contributed by atoms with van der Waals surface area (Å²) in [5, 5.41) is 0. The Morgan fingerprint density at radius 1 is 0.810 bits per heavy atom. The number of nitrogens with two attached hydrogens (primary N) is 1. The van der Waals surface area contributed by atoms with Crippen molar-refractivity contribution in [1.82, 2.24) is 0 Å². The van der Waals surface area contributed by atoms with Gasteiger partial charge >= 0.3 is 0 Å². The van der Waals surface area contributed by atoms with Gasteiger partial charge in [-0.1, -0.05) is 0 Å². The van der Waals surface area contributed by atoms with Gasteiger partial charge in [-0.25, -0.2) is 8.78 Å². The molecular weight excluding hydrogens is 280 g/mol.